The largest absolute Gasteiger partial charge is 0.454 e. The Morgan fingerprint density at radius 1 is 1.33 bits per heavy atom. The van der Waals surface area contributed by atoms with Crippen LogP contribution in [0.25, 0.3) is 0 Å². The van der Waals surface area contributed by atoms with Crippen molar-refractivity contribution in [1.29, 1.82) is 0 Å². The van der Waals surface area contributed by atoms with E-state index in [9.17, 15) is 4.79 Å². The van der Waals surface area contributed by atoms with Crippen LogP contribution in [-0.4, -0.2) is 24.8 Å². The number of carbonyl (C=O) groups excluding carboxylic acids is 1. The predicted molar refractivity (Wildman–Crippen MR) is 82.1 cm³/mol. The Labute approximate surface area is 127 Å². The number of anilines is 1. The quantitative estimate of drug-likeness (QED) is 0.945. The molecule has 0 saturated carbocycles. The second-order valence-corrected chi connectivity index (χ2v) is 5.88. The first-order chi connectivity index (χ1) is 10.1. The van der Waals surface area contributed by atoms with Crippen molar-refractivity contribution < 1.29 is 14.3 Å². The number of nitrogens with one attached hydrogen (secondary N) is 1. The second-order valence-electron chi connectivity index (χ2n) is 4.88. The minimum absolute atomic E-state index is 0.151. The summed E-state index contributed by atoms with van der Waals surface area (Å²) in [6.07, 6.45) is 0. The summed E-state index contributed by atoms with van der Waals surface area (Å²) >= 11 is 1.66. The van der Waals surface area contributed by atoms with Crippen LogP contribution in [0.4, 0.5) is 10.5 Å². The summed E-state index contributed by atoms with van der Waals surface area (Å²) in [5, 5.41) is 4.90. The highest BCUT2D eigenvalue weighted by molar-refractivity contribution is 7.10. The number of aryl methyl sites for hydroxylation is 1. The van der Waals surface area contributed by atoms with Crippen molar-refractivity contribution in [3.05, 3.63) is 40.1 Å². The first kappa shape index (κ1) is 13.8. The van der Waals surface area contributed by atoms with Crippen molar-refractivity contribution in [3.8, 4) is 11.5 Å². The molecular weight excluding hydrogens is 288 g/mol. The van der Waals surface area contributed by atoms with Gasteiger partial charge < -0.3 is 19.7 Å². The zero-order valence-electron chi connectivity index (χ0n) is 11.9. The zero-order valence-corrected chi connectivity index (χ0v) is 12.7. The molecule has 2 heterocycles. The minimum atomic E-state index is -0.151. The molecule has 2 aromatic rings. The molecule has 21 heavy (non-hydrogen) atoms. The molecule has 110 valence electrons. The van der Waals surface area contributed by atoms with Crippen molar-refractivity contribution in [2.45, 2.75) is 13.5 Å². The Balaban J connectivity index is 1.64. The Morgan fingerprint density at radius 3 is 2.90 bits per heavy atom. The standard InChI is InChI=1S/C15H16N2O3S/c1-10-5-6-21-14(10)8-17(2)15(18)16-11-3-4-12-13(7-11)20-9-19-12/h3-7H,8-9H2,1-2H3,(H,16,18). The van der Waals surface area contributed by atoms with Gasteiger partial charge in [0.1, 0.15) is 0 Å². The summed E-state index contributed by atoms with van der Waals surface area (Å²) in [6, 6.07) is 7.27. The van der Waals surface area contributed by atoms with E-state index in [0.29, 0.717) is 23.7 Å². The SMILES string of the molecule is Cc1ccsc1CN(C)C(=O)Nc1ccc2c(c1)OCO2. The molecule has 6 heteroatoms. The summed E-state index contributed by atoms with van der Waals surface area (Å²) in [4.78, 5) is 15.0. The molecular formula is C15H16N2O3S. The lowest BCUT2D eigenvalue weighted by Gasteiger charge is -2.18. The lowest BCUT2D eigenvalue weighted by molar-refractivity contribution is 0.174. The van der Waals surface area contributed by atoms with Crippen molar-refractivity contribution in [1.82, 2.24) is 4.90 Å². The molecule has 1 aromatic carbocycles. The van der Waals surface area contributed by atoms with Gasteiger partial charge in [0.05, 0.1) is 6.54 Å². The number of urea groups is 1. The van der Waals surface area contributed by atoms with Crippen molar-refractivity contribution >= 4 is 23.1 Å². The molecule has 1 aromatic heterocycles. The van der Waals surface area contributed by atoms with E-state index < -0.39 is 0 Å². The number of thiophene rings is 1. The van der Waals surface area contributed by atoms with Crippen molar-refractivity contribution in [3.63, 3.8) is 0 Å². The molecule has 1 N–H and O–H groups in total. The Hall–Kier alpha value is -2.21. The lowest BCUT2D eigenvalue weighted by Crippen LogP contribution is -2.30. The van der Waals surface area contributed by atoms with E-state index in [1.165, 1.54) is 10.4 Å². The van der Waals surface area contributed by atoms with Gasteiger partial charge in [-0.15, -0.1) is 11.3 Å². The van der Waals surface area contributed by atoms with Crippen LogP contribution in [0.5, 0.6) is 11.5 Å². The van der Waals surface area contributed by atoms with Crippen LogP contribution in [0.1, 0.15) is 10.4 Å². The van der Waals surface area contributed by atoms with Crippen molar-refractivity contribution in [2.24, 2.45) is 0 Å². The van der Waals surface area contributed by atoms with Gasteiger partial charge in [-0.1, -0.05) is 0 Å². The van der Waals surface area contributed by atoms with Crippen LogP contribution in [0.2, 0.25) is 0 Å². The molecule has 0 unspecified atom stereocenters. The number of rotatable bonds is 3. The topological polar surface area (TPSA) is 50.8 Å². The summed E-state index contributed by atoms with van der Waals surface area (Å²) in [6.45, 7) is 2.87. The molecule has 0 radical (unpaired) electrons. The van der Waals surface area contributed by atoms with E-state index in [4.69, 9.17) is 9.47 Å². The molecule has 5 nitrogen and oxygen atoms in total. The van der Waals surface area contributed by atoms with Gasteiger partial charge in [-0.2, -0.15) is 0 Å². The van der Waals surface area contributed by atoms with E-state index in [2.05, 4.69) is 18.3 Å². The first-order valence-corrected chi connectivity index (χ1v) is 7.46. The maximum Gasteiger partial charge on any atom is 0.321 e. The Bertz CT molecular complexity index is 669. The first-order valence-electron chi connectivity index (χ1n) is 6.58. The molecule has 0 bridgehead atoms. The third-order valence-corrected chi connectivity index (χ3v) is 4.33. The number of hydrogen-bond donors (Lipinski definition) is 1. The van der Waals surface area contributed by atoms with Crippen LogP contribution in [0.3, 0.4) is 0 Å². The van der Waals surface area contributed by atoms with E-state index in [1.54, 1.807) is 41.5 Å². The van der Waals surface area contributed by atoms with Crippen LogP contribution >= 0.6 is 11.3 Å². The van der Waals surface area contributed by atoms with E-state index in [1.807, 2.05) is 5.38 Å². The van der Waals surface area contributed by atoms with Gasteiger partial charge in [0, 0.05) is 23.7 Å². The van der Waals surface area contributed by atoms with Gasteiger partial charge in [0.15, 0.2) is 11.5 Å². The maximum absolute atomic E-state index is 12.2. The summed E-state index contributed by atoms with van der Waals surface area (Å²) in [5.41, 5.74) is 1.90. The summed E-state index contributed by atoms with van der Waals surface area (Å²) in [5.74, 6) is 1.36. The van der Waals surface area contributed by atoms with Gasteiger partial charge >= 0.3 is 6.03 Å². The fraction of sp³-hybridized carbons (Fsp3) is 0.267. The van der Waals surface area contributed by atoms with Gasteiger partial charge in [0.2, 0.25) is 6.79 Å². The lowest BCUT2D eigenvalue weighted by atomic mass is 10.2. The van der Waals surface area contributed by atoms with E-state index in [-0.39, 0.29) is 12.8 Å². The molecule has 1 aliphatic heterocycles. The van der Waals surface area contributed by atoms with Crippen LogP contribution < -0.4 is 14.8 Å². The molecule has 2 amide bonds. The molecule has 3 rings (SSSR count). The number of benzene rings is 1. The normalized spacial score (nSPS) is 12.3. The average Bonchev–Trinajstić information content (AvgIpc) is 3.07. The summed E-state index contributed by atoms with van der Waals surface area (Å²) < 4.78 is 10.5. The molecule has 1 aliphatic rings. The smallest absolute Gasteiger partial charge is 0.321 e. The van der Waals surface area contributed by atoms with Crippen LogP contribution in [-0.2, 0) is 6.54 Å². The number of nitrogens with zero attached hydrogens (tertiary/aromatic N) is 1. The predicted octanol–water partition coefficient (Wildman–Crippen LogP) is 3.45. The highest BCUT2D eigenvalue weighted by Gasteiger charge is 2.16. The maximum atomic E-state index is 12.2. The van der Waals surface area contributed by atoms with Crippen molar-refractivity contribution in [2.75, 3.05) is 19.2 Å². The zero-order chi connectivity index (χ0) is 14.8. The van der Waals surface area contributed by atoms with E-state index in [0.717, 1.165) is 0 Å². The van der Waals surface area contributed by atoms with Gasteiger partial charge in [-0.3, -0.25) is 0 Å². The average molecular weight is 304 g/mol. The van der Waals surface area contributed by atoms with Gasteiger partial charge in [0.25, 0.3) is 0 Å². The number of fused-ring (bicyclic) bond motifs is 1. The fourth-order valence-electron chi connectivity index (χ4n) is 2.05. The molecule has 0 atom stereocenters. The van der Waals surface area contributed by atoms with Gasteiger partial charge in [-0.25, -0.2) is 4.79 Å². The summed E-state index contributed by atoms with van der Waals surface area (Å²) in [7, 11) is 1.78. The highest BCUT2D eigenvalue weighted by Crippen LogP contribution is 2.34. The number of ether oxygens (including phenoxy) is 2. The van der Waals surface area contributed by atoms with Gasteiger partial charge in [-0.05, 0) is 36.1 Å². The van der Waals surface area contributed by atoms with Crippen LogP contribution in [0.15, 0.2) is 29.6 Å². The molecule has 0 aliphatic carbocycles. The number of carbonyl (C=O) groups is 1. The second kappa shape index (κ2) is 5.65. The third-order valence-electron chi connectivity index (χ3n) is 3.32. The van der Waals surface area contributed by atoms with Crippen LogP contribution in [0, 0.1) is 6.92 Å². The molecule has 0 saturated heterocycles. The third kappa shape index (κ3) is 2.95. The molecule has 0 fully saturated rings. The number of hydrogen-bond acceptors (Lipinski definition) is 4. The Morgan fingerprint density at radius 2 is 2.14 bits per heavy atom. The fourth-order valence-corrected chi connectivity index (χ4v) is 3.01. The highest BCUT2D eigenvalue weighted by atomic mass is 32.1. The van der Waals surface area contributed by atoms with E-state index >= 15 is 0 Å². The Kier molecular flexibility index (Phi) is 3.70. The monoisotopic (exact) mass is 304 g/mol. The molecule has 0 spiro atoms. The number of amides is 2. The minimum Gasteiger partial charge on any atom is -0.454 e.